The van der Waals surface area contributed by atoms with E-state index in [1.807, 2.05) is 36.4 Å². The van der Waals surface area contributed by atoms with E-state index >= 15 is 0 Å². The lowest BCUT2D eigenvalue weighted by Gasteiger charge is -2.28. The van der Waals surface area contributed by atoms with Crippen LogP contribution in [0.25, 0.3) is 11.3 Å². The largest absolute Gasteiger partial charge is 0.497 e. The molecule has 2 heterocycles. The number of nitrogens with zero attached hydrogens (tertiary/aromatic N) is 3. The number of carbonyl (C=O) groups is 1. The predicted molar refractivity (Wildman–Crippen MR) is 124 cm³/mol. The molecule has 1 fully saturated rings. The molecule has 2 aromatic carbocycles. The number of methoxy groups -OCH3 is 2. The van der Waals surface area contributed by atoms with E-state index in [4.69, 9.17) is 9.47 Å². The highest BCUT2D eigenvalue weighted by molar-refractivity contribution is 5.94. The SMILES string of the molecule is COc1cc(CNC(=O)c2ccc(-c3nccnc3N3CCCCC3)cc2)cc(OC)c1. The van der Waals surface area contributed by atoms with Crippen molar-refractivity contribution in [3.8, 4) is 22.8 Å². The lowest BCUT2D eigenvalue weighted by molar-refractivity contribution is 0.0951. The molecule has 7 nitrogen and oxygen atoms in total. The van der Waals surface area contributed by atoms with E-state index in [2.05, 4.69) is 20.2 Å². The maximum absolute atomic E-state index is 12.7. The number of hydrogen-bond donors (Lipinski definition) is 1. The molecule has 0 bridgehead atoms. The lowest BCUT2D eigenvalue weighted by atomic mass is 10.1. The van der Waals surface area contributed by atoms with Crippen molar-refractivity contribution in [3.05, 3.63) is 66.0 Å². The molecule has 0 aliphatic carbocycles. The van der Waals surface area contributed by atoms with Gasteiger partial charge in [-0.2, -0.15) is 0 Å². The van der Waals surface area contributed by atoms with Crippen molar-refractivity contribution in [2.75, 3.05) is 32.2 Å². The fourth-order valence-electron chi connectivity index (χ4n) is 3.90. The first-order valence-electron chi connectivity index (χ1n) is 10.8. The van der Waals surface area contributed by atoms with E-state index in [0.29, 0.717) is 23.6 Å². The van der Waals surface area contributed by atoms with Crippen LogP contribution < -0.4 is 19.7 Å². The number of ether oxygens (including phenoxy) is 2. The fourth-order valence-corrected chi connectivity index (χ4v) is 3.90. The van der Waals surface area contributed by atoms with Gasteiger partial charge in [-0.1, -0.05) is 12.1 Å². The fraction of sp³-hybridized carbons (Fsp3) is 0.320. The molecule has 166 valence electrons. The molecule has 0 unspecified atom stereocenters. The van der Waals surface area contributed by atoms with Crippen LogP contribution in [0.3, 0.4) is 0 Å². The zero-order valence-electron chi connectivity index (χ0n) is 18.5. The summed E-state index contributed by atoms with van der Waals surface area (Å²) in [5.41, 5.74) is 3.29. The van der Waals surface area contributed by atoms with Gasteiger partial charge in [-0.05, 0) is 49.1 Å². The minimum absolute atomic E-state index is 0.145. The summed E-state index contributed by atoms with van der Waals surface area (Å²) in [4.78, 5) is 24.1. The van der Waals surface area contributed by atoms with Gasteiger partial charge in [0.15, 0.2) is 5.82 Å². The molecule has 1 aromatic heterocycles. The molecule has 0 radical (unpaired) electrons. The lowest BCUT2D eigenvalue weighted by Crippen LogP contribution is -2.30. The van der Waals surface area contributed by atoms with Gasteiger partial charge in [-0.25, -0.2) is 4.98 Å². The Bertz CT molecular complexity index is 1040. The number of hydrogen-bond acceptors (Lipinski definition) is 6. The molecule has 32 heavy (non-hydrogen) atoms. The Balaban J connectivity index is 1.46. The second kappa shape index (κ2) is 10.1. The summed E-state index contributed by atoms with van der Waals surface area (Å²) >= 11 is 0. The van der Waals surface area contributed by atoms with Crippen molar-refractivity contribution >= 4 is 11.7 Å². The molecule has 1 amide bonds. The van der Waals surface area contributed by atoms with E-state index in [1.165, 1.54) is 19.3 Å². The van der Waals surface area contributed by atoms with E-state index in [0.717, 1.165) is 35.7 Å². The number of benzene rings is 2. The van der Waals surface area contributed by atoms with Gasteiger partial charge in [0.25, 0.3) is 5.91 Å². The molecule has 1 aliphatic heterocycles. The van der Waals surface area contributed by atoms with Crippen LogP contribution in [0.15, 0.2) is 54.9 Å². The maximum atomic E-state index is 12.7. The summed E-state index contributed by atoms with van der Waals surface area (Å²) < 4.78 is 10.6. The summed E-state index contributed by atoms with van der Waals surface area (Å²) in [7, 11) is 3.21. The monoisotopic (exact) mass is 432 g/mol. The summed E-state index contributed by atoms with van der Waals surface area (Å²) in [5.74, 6) is 2.14. The Morgan fingerprint density at radius 3 is 2.25 bits per heavy atom. The molecular formula is C25H28N4O3. The topological polar surface area (TPSA) is 76.6 Å². The molecule has 4 rings (SSSR count). The van der Waals surface area contributed by atoms with Crippen LogP contribution in [0.5, 0.6) is 11.5 Å². The van der Waals surface area contributed by atoms with Crippen LogP contribution in [0.4, 0.5) is 5.82 Å². The summed E-state index contributed by atoms with van der Waals surface area (Å²) in [6.45, 7) is 2.37. The first-order valence-corrected chi connectivity index (χ1v) is 10.8. The highest BCUT2D eigenvalue weighted by Gasteiger charge is 2.18. The minimum atomic E-state index is -0.145. The molecule has 3 aromatic rings. The second-order valence-corrected chi connectivity index (χ2v) is 7.76. The smallest absolute Gasteiger partial charge is 0.251 e. The average Bonchev–Trinajstić information content (AvgIpc) is 2.87. The van der Waals surface area contributed by atoms with Gasteiger partial charge in [0.05, 0.1) is 14.2 Å². The van der Waals surface area contributed by atoms with Crippen molar-refractivity contribution in [1.82, 2.24) is 15.3 Å². The Morgan fingerprint density at radius 1 is 0.938 bits per heavy atom. The molecule has 0 atom stereocenters. The van der Waals surface area contributed by atoms with Crippen molar-refractivity contribution < 1.29 is 14.3 Å². The number of carbonyl (C=O) groups excluding carboxylic acids is 1. The van der Waals surface area contributed by atoms with Crippen LogP contribution in [0.1, 0.15) is 35.2 Å². The molecular weight excluding hydrogens is 404 g/mol. The second-order valence-electron chi connectivity index (χ2n) is 7.76. The normalized spacial score (nSPS) is 13.5. The Kier molecular flexibility index (Phi) is 6.84. The van der Waals surface area contributed by atoms with Gasteiger partial charge < -0.3 is 19.7 Å². The average molecular weight is 433 g/mol. The quantitative estimate of drug-likeness (QED) is 0.606. The van der Waals surface area contributed by atoms with Gasteiger partial charge >= 0.3 is 0 Å². The van der Waals surface area contributed by atoms with Crippen molar-refractivity contribution in [2.24, 2.45) is 0 Å². The zero-order chi connectivity index (χ0) is 22.3. The first-order chi connectivity index (χ1) is 15.7. The number of rotatable bonds is 7. The standard InChI is InChI=1S/C25H28N4O3/c1-31-21-14-18(15-22(16-21)32-2)17-28-25(30)20-8-6-19(7-9-20)23-24(27-11-10-26-23)29-12-4-3-5-13-29/h6-11,14-16H,3-5,12-13,17H2,1-2H3,(H,28,30). The third-order valence-corrected chi connectivity index (χ3v) is 5.62. The molecule has 0 saturated carbocycles. The highest BCUT2D eigenvalue weighted by atomic mass is 16.5. The van der Waals surface area contributed by atoms with Crippen molar-refractivity contribution in [2.45, 2.75) is 25.8 Å². The molecule has 7 heteroatoms. The number of nitrogens with one attached hydrogen (secondary N) is 1. The zero-order valence-corrected chi connectivity index (χ0v) is 18.5. The van der Waals surface area contributed by atoms with Crippen LogP contribution in [-0.2, 0) is 6.54 Å². The molecule has 1 N–H and O–H groups in total. The van der Waals surface area contributed by atoms with Crippen LogP contribution in [0.2, 0.25) is 0 Å². The maximum Gasteiger partial charge on any atom is 0.251 e. The Hall–Kier alpha value is -3.61. The number of piperidine rings is 1. The van der Waals surface area contributed by atoms with Crippen LogP contribution in [0, 0.1) is 0 Å². The van der Waals surface area contributed by atoms with Gasteiger partial charge in [0.2, 0.25) is 0 Å². The Morgan fingerprint density at radius 2 is 1.59 bits per heavy atom. The van der Waals surface area contributed by atoms with E-state index < -0.39 is 0 Å². The van der Waals surface area contributed by atoms with Gasteiger partial charge in [-0.3, -0.25) is 9.78 Å². The third kappa shape index (κ3) is 4.99. The number of amides is 1. The molecule has 0 spiro atoms. The van der Waals surface area contributed by atoms with E-state index in [1.54, 1.807) is 32.7 Å². The van der Waals surface area contributed by atoms with E-state index in [9.17, 15) is 4.79 Å². The number of anilines is 1. The van der Waals surface area contributed by atoms with Crippen molar-refractivity contribution in [1.29, 1.82) is 0 Å². The van der Waals surface area contributed by atoms with Crippen LogP contribution in [-0.4, -0.2) is 43.2 Å². The summed E-state index contributed by atoms with van der Waals surface area (Å²) in [6, 6.07) is 13.1. The van der Waals surface area contributed by atoms with Gasteiger partial charge in [0.1, 0.15) is 17.2 Å². The van der Waals surface area contributed by atoms with Gasteiger partial charge in [-0.15, -0.1) is 0 Å². The van der Waals surface area contributed by atoms with E-state index in [-0.39, 0.29) is 5.91 Å². The van der Waals surface area contributed by atoms with Gasteiger partial charge in [0, 0.05) is 49.2 Å². The van der Waals surface area contributed by atoms with Crippen LogP contribution >= 0.6 is 0 Å². The predicted octanol–water partition coefficient (Wildman–Crippen LogP) is 4.08. The minimum Gasteiger partial charge on any atom is -0.497 e. The van der Waals surface area contributed by atoms with Crippen molar-refractivity contribution in [3.63, 3.8) is 0 Å². The first kappa shape index (κ1) is 21.6. The molecule has 1 saturated heterocycles. The molecule has 1 aliphatic rings. The highest BCUT2D eigenvalue weighted by Crippen LogP contribution is 2.29. The third-order valence-electron chi connectivity index (χ3n) is 5.62. The summed E-state index contributed by atoms with van der Waals surface area (Å²) in [5, 5.41) is 2.95. The Labute approximate surface area is 188 Å². The summed E-state index contributed by atoms with van der Waals surface area (Å²) in [6.07, 6.45) is 7.07. The number of aromatic nitrogens is 2.